The first-order valence-electron chi connectivity index (χ1n) is 9.25. The molecule has 2 N–H and O–H groups in total. The molecule has 1 amide bonds. The zero-order valence-corrected chi connectivity index (χ0v) is 15.0. The molecule has 3 heterocycles. The minimum absolute atomic E-state index is 0.0538. The monoisotopic (exact) mass is 350 g/mol. The Kier molecular flexibility index (Phi) is 4.71. The third-order valence-electron chi connectivity index (χ3n) is 5.18. The van der Waals surface area contributed by atoms with Crippen LogP contribution in [0.3, 0.4) is 0 Å². The Morgan fingerprint density at radius 2 is 2.04 bits per heavy atom. The van der Waals surface area contributed by atoms with Gasteiger partial charge < -0.3 is 14.6 Å². The average Bonchev–Trinajstić information content (AvgIpc) is 3.35. The molecule has 26 heavy (non-hydrogen) atoms. The molecular formula is C21H24N3O2+. The van der Waals surface area contributed by atoms with E-state index in [9.17, 15) is 4.79 Å². The molecule has 1 atom stereocenters. The van der Waals surface area contributed by atoms with Crippen LogP contribution in [0.2, 0.25) is 0 Å². The second-order valence-corrected chi connectivity index (χ2v) is 6.97. The molecule has 1 saturated heterocycles. The van der Waals surface area contributed by atoms with E-state index in [1.807, 2.05) is 49.4 Å². The summed E-state index contributed by atoms with van der Waals surface area (Å²) in [5, 5.41) is 4.02. The van der Waals surface area contributed by atoms with Gasteiger partial charge in [0.15, 0.2) is 11.8 Å². The first-order valence-corrected chi connectivity index (χ1v) is 9.25. The summed E-state index contributed by atoms with van der Waals surface area (Å²) < 4.78 is 5.65. The van der Waals surface area contributed by atoms with E-state index in [-0.39, 0.29) is 11.9 Å². The number of carbonyl (C=O) groups is 1. The van der Waals surface area contributed by atoms with E-state index in [1.165, 1.54) is 17.7 Å². The second-order valence-electron chi connectivity index (χ2n) is 6.97. The van der Waals surface area contributed by atoms with Crippen molar-refractivity contribution in [1.82, 2.24) is 10.3 Å². The molecule has 0 aliphatic carbocycles. The van der Waals surface area contributed by atoms with Crippen LogP contribution in [-0.2, 0) is 0 Å². The highest BCUT2D eigenvalue weighted by molar-refractivity contribution is 6.06. The van der Waals surface area contributed by atoms with E-state index in [1.54, 1.807) is 6.26 Å². The van der Waals surface area contributed by atoms with Gasteiger partial charge in [-0.05, 0) is 31.2 Å². The molecule has 1 aliphatic heterocycles. The van der Waals surface area contributed by atoms with E-state index < -0.39 is 0 Å². The minimum Gasteiger partial charge on any atom is -0.463 e. The lowest BCUT2D eigenvalue weighted by atomic mass is 10.1. The Hall–Kier alpha value is -2.66. The number of rotatable bonds is 5. The Labute approximate surface area is 153 Å². The summed E-state index contributed by atoms with van der Waals surface area (Å²) >= 11 is 0. The van der Waals surface area contributed by atoms with E-state index in [0.29, 0.717) is 12.1 Å². The van der Waals surface area contributed by atoms with Gasteiger partial charge in [-0.3, -0.25) is 9.78 Å². The molecule has 4 rings (SSSR count). The average molecular weight is 350 g/mol. The number of furan rings is 1. The number of quaternary nitrogens is 1. The molecule has 5 heteroatoms. The number of likely N-dealkylation sites (tertiary alicyclic amines) is 1. The van der Waals surface area contributed by atoms with E-state index >= 15 is 0 Å². The van der Waals surface area contributed by atoms with Gasteiger partial charge in [0.2, 0.25) is 0 Å². The highest BCUT2D eigenvalue weighted by atomic mass is 16.3. The third kappa shape index (κ3) is 3.35. The van der Waals surface area contributed by atoms with Crippen LogP contribution in [0.1, 0.15) is 40.7 Å². The van der Waals surface area contributed by atoms with Crippen LogP contribution in [0.4, 0.5) is 0 Å². The van der Waals surface area contributed by atoms with Gasteiger partial charge >= 0.3 is 0 Å². The van der Waals surface area contributed by atoms with E-state index in [0.717, 1.165) is 35.4 Å². The van der Waals surface area contributed by atoms with Crippen molar-refractivity contribution in [2.75, 3.05) is 19.6 Å². The molecule has 1 fully saturated rings. The fourth-order valence-electron chi connectivity index (χ4n) is 3.90. The second kappa shape index (κ2) is 7.30. The number of hydrogen-bond acceptors (Lipinski definition) is 3. The van der Waals surface area contributed by atoms with Crippen molar-refractivity contribution in [2.24, 2.45) is 0 Å². The lowest BCUT2D eigenvalue weighted by Crippen LogP contribution is -3.11. The summed E-state index contributed by atoms with van der Waals surface area (Å²) in [6, 6.07) is 13.7. The van der Waals surface area contributed by atoms with Crippen molar-refractivity contribution in [1.29, 1.82) is 0 Å². The Bertz CT molecular complexity index is 899. The maximum atomic E-state index is 12.9. The van der Waals surface area contributed by atoms with Gasteiger partial charge in [-0.25, -0.2) is 0 Å². The number of aromatic nitrogens is 1. The molecule has 0 radical (unpaired) electrons. The van der Waals surface area contributed by atoms with Gasteiger partial charge in [0.05, 0.1) is 37.0 Å². The number of nitrogens with zero attached hydrogens (tertiary/aromatic N) is 1. The zero-order chi connectivity index (χ0) is 17.9. The van der Waals surface area contributed by atoms with Gasteiger partial charge in [-0.2, -0.15) is 0 Å². The molecule has 0 spiro atoms. The normalized spacial score (nSPS) is 16.0. The molecule has 0 bridgehead atoms. The lowest BCUT2D eigenvalue weighted by Gasteiger charge is -2.23. The first kappa shape index (κ1) is 16.8. The van der Waals surface area contributed by atoms with Gasteiger partial charge in [0.1, 0.15) is 0 Å². The van der Waals surface area contributed by atoms with Crippen molar-refractivity contribution >= 4 is 16.8 Å². The molecule has 5 nitrogen and oxygen atoms in total. The largest absolute Gasteiger partial charge is 0.463 e. The molecule has 2 aromatic heterocycles. The number of nitrogens with one attached hydrogen (secondary N) is 2. The number of hydrogen-bond donors (Lipinski definition) is 2. The fourth-order valence-corrected chi connectivity index (χ4v) is 3.90. The molecule has 134 valence electrons. The van der Waals surface area contributed by atoms with E-state index in [2.05, 4.69) is 10.3 Å². The number of amides is 1. The minimum atomic E-state index is -0.0538. The number of benzene rings is 1. The van der Waals surface area contributed by atoms with Crippen molar-refractivity contribution in [3.63, 3.8) is 0 Å². The summed E-state index contributed by atoms with van der Waals surface area (Å²) in [5.74, 6) is 0.889. The molecular weight excluding hydrogens is 326 g/mol. The SMILES string of the molecule is Cc1cc(C(=O)NC[C@@H](c2ccco2)[NH+]2CCCC2)c2ccccc2n1. The van der Waals surface area contributed by atoms with Crippen LogP contribution in [0.15, 0.2) is 53.1 Å². The number of para-hydroxylation sites is 1. The molecule has 1 aliphatic rings. The Morgan fingerprint density at radius 1 is 1.23 bits per heavy atom. The first-order chi connectivity index (χ1) is 12.7. The van der Waals surface area contributed by atoms with Crippen molar-refractivity contribution < 1.29 is 14.1 Å². The summed E-state index contributed by atoms with van der Waals surface area (Å²) in [4.78, 5) is 18.9. The summed E-state index contributed by atoms with van der Waals surface area (Å²) in [5.41, 5.74) is 2.38. The maximum Gasteiger partial charge on any atom is 0.252 e. The zero-order valence-electron chi connectivity index (χ0n) is 15.0. The number of fused-ring (bicyclic) bond motifs is 1. The van der Waals surface area contributed by atoms with Crippen LogP contribution in [0.25, 0.3) is 10.9 Å². The van der Waals surface area contributed by atoms with Crippen molar-refractivity contribution in [2.45, 2.75) is 25.8 Å². The standard InChI is InChI=1S/C21H23N3O2/c1-15-13-17(16-7-2-3-8-18(16)23-15)21(25)22-14-19(20-9-6-12-26-20)24-10-4-5-11-24/h2-3,6-9,12-13,19H,4-5,10-11,14H2,1H3,(H,22,25)/p+1/t19-/m0/s1. The van der Waals surface area contributed by atoms with Gasteiger partial charge in [-0.15, -0.1) is 0 Å². The molecule has 3 aromatic rings. The van der Waals surface area contributed by atoms with Crippen LogP contribution >= 0.6 is 0 Å². The van der Waals surface area contributed by atoms with E-state index in [4.69, 9.17) is 4.42 Å². The summed E-state index contributed by atoms with van der Waals surface area (Å²) in [6.07, 6.45) is 4.17. The fraction of sp³-hybridized carbons (Fsp3) is 0.333. The highest BCUT2D eigenvalue weighted by Crippen LogP contribution is 2.18. The summed E-state index contributed by atoms with van der Waals surface area (Å²) in [6.45, 7) is 4.73. The third-order valence-corrected chi connectivity index (χ3v) is 5.18. The number of carbonyl (C=O) groups excluding carboxylic acids is 1. The number of pyridine rings is 1. The van der Waals surface area contributed by atoms with Gasteiger partial charge in [0, 0.05) is 23.9 Å². The molecule has 1 aromatic carbocycles. The lowest BCUT2D eigenvalue weighted by molar-refractivity contribution is -0.919. The topological polar surface area (TPSA) is 59.6 Å². The smallest absolute Gasteiger partial charge is 0.252 e. The predicted octanol–water partition coefficient (Wildman–Crippen LogP) is 2.29. The quantitative estimate of drug-likeness (QED) is 0.742. The van der Waals surface area contributed by atoms with Crippen LogP contribution in [0.5, 0.6) is 0 Å². The van der Waals surface area contributed by atoms with Crippen LogP contribution in [0, 0.1) is 6.92 Å². The maximum absolute atomic E-state index is 12.9. The molecule has 0 unspecified atom stereocenters. The van der Waals surface area contributed by atoms with Crippen LogP contribution in [-0.4, -0.2) is 30.5 Å². The van der Waals surface area contributed by atoms with Crippen molar-refractivity contribution in [3.8, 4) is 0 Å². The van der Waals surface area contributed by atoms with Crippen molar-refractivity contribution in [3.05, 3.63) is 65.7 Å². The number of aryl methyl sites for hydroxylation is 1. The highest BCUT2D eigenvalue weighted by Gasteiger charge is 2.30. The van der Waals surface area contributed by atoms with Gasteiger partial charge in [-0.1, -0.05) is 18.2 Å². The summed E-state index contributed by atoms with van der Waals surface area (Å²) in [7, 11) is 0. The Morgan fingerprint density at radius 3 is 2.81 bits per heavy atom. The predicted molar refractivity (Wildman–Crippen MR) is 100 cm³/mol. The Balaban J connectivity index is 1.56. The molecule has 0 saturated carbocycles. The van der Waals surface area contributed by atoms with Gasteiger partial charge in [0.25, 0.3) is 5.91 Å². The van der Waals surface area contributed by atoms with Crippen LogP contribution < -0.4 is 10.2 Å².